The zero-order valence-corrected chi connectivity index (χ0v) is 12.6. The Bertz CT molecular complexity index is 468. The topological polar surface area (TPSA) is 9.23 Å². The minimum atomic E-state index is 0.229. The van der Waals surface area contributed by atoms with Crippen molar-refractivity contribution < 1.29 is 4.74 Å². The zero-order chi connectivity index (χ0) is 11.5. The van der Waals surface area contributed by atoms with E-state index in [1.54, 1.807) is 18.4 Å². The molecule has 0 radical (unpaired) electrons. The van der Waals surface area contributed by atoms with Gasteiger partial charge in [-0.3, -0.25) is 0 Å². The lowest BCUT2D eigenvalue weighted by Crippen LogP contribution is -1.92. The Labute approximate surface area is 116 Å². The second kappa shape index (κ2) is 5.34. The van der Waals surface area contributed by atoms with Crippen LogP contribution in [0.5, 0.6) is 5.75 Å². The molecule has 2 aromatic rings. The van der Waals surface area contributed by atoms with Crippen LogP contribution in [-0.4, -0.2) is 7.11 Å². The van der Waals surface area contributed by atoms with Crippen LogP contribution < -0.4 is 4.74 Å². The number of benzene rings is 1. The standard InChI is InChI=1S/C12H10Br2OS/c1-15-8-4-5-9(10(13)7-8)12(14)11-3-2-6-16-11/h2-7,12H,1H3. The normalized spacial score (nSPS) is 12.4. The number of alkyl halides is 1. The van der Waals surface area contributed by atoms with Gasteiger partial charge in [0.25, 0.3) is 0 Å². The number of halogens is 2. The van der Waals surface area contributed by atoms with Gasteiger partial charge in [-0.1, -0.05) is 44.0 Å². The molecule has 1 aromatic heterocycles. The average Bonchev–Trinajstić information content (AvgIpc) is 2.81. The third-order valence-electron chi connectivity index (χ3n) is 2.27. The van der Waals surface area contributed by atoms with Crippen LogP contribution in [0.1, 0.15) is 15.3 Å². The number of methoxy groups -OCH3 is 1. The maximum absolute atomic E-state index is 5.18. The van der Waals surface area contributed by atoms with Gasteiger partial charge in [-0.15, -0.1) is 11.3 Å². The molecule has 1 aromatic carbocycles. The maximum atomic E-state index is 5.18. The Morgan fingerprint density at radius 2 is 2.12 bits per heavy atom. The molecule has 1 atom stereocenters. The van der Waals surface area contributed by atoms with Crippen molar-refractivity contribution in [1.82, 2.24) is 0 Å². The van der Waals surface area contributed by atoms with Crippen molar-refractivity contribution in [1.29, 1.82) is 0 Å². The molecule has 0 fully saturated rings. The van der Waals surface area contributed by atoms with Crippen molar-refractivity contribution in [2.45, 2.75) is 4.83 Å². The summed E-state index contributed by atoms with van der Waals surface area (Å²) in [6.45, 7) is 0. The van der Waals surface area contributed by atoms with Crippen LogP contribution in [0.3, 0.4) is 0 Å². The van der Waals surface area contributed by atoms with E-state index in [4.69, 9.17) is 4.74 Å². The monoisotopic (exact) mass is 360 g/mol. The smallest absolute Gasteiger partial charge is 0.120 e. The largest absolute Gasteiger partial charge is 0.497 e. The molecule has 0 N–H and O–H groups in total. The Morgan fingerprint density at radius 1 is 1.31 bits per heavy atom. The molecule has 0 amide bonds. The number of ether oxygens (including phenoxy) is 1. The SMILES string of the molecule is COc1ccc(C(Br)c2cccs2)c(Br)c1. The van der Waals surface area contributed by atoms with Gasteiger partial charge in [0, 0.05) is 9.35 Å². The van der Waals surface area contributed by atoms with Gasteiger partial charge in [0.1, 0.15) is 5.75 Å². The van der Waals surface area contributed by atoms with Crippen molar-refractivity contribution in [3.8, 4) is 5.75 Å². The van der Waals surface area contributed by atoms with Gasteiger partial charge in [0.15, 0.2) is 0 Å². The minimum Gasteiger partial charge on any atom is -0.497 e. The Hall–Kier alpha value is -0.320. The third-order valence-corrected chi connectivity index (χ3v) is 5.19. The first kappa shape index (κ1) is 12.1. The van der Waals surface area contributed by atoms with E-state index < -0.39 is 0 Å². The van der Waals surface area contributed by atoms with Crippen molar-refractivity contribution in [3.05, 3.63) is 50.6 Å². The lowest BCUT2D eigenvalue weighted by atomic mass is 10.1. The van der Waals surface area contributed by atoms with Gasteiger partial charge >= 0.3 is 0 Å². The molecule has 0 aliphatic carbocycles. The van der Waals surface area contributed by atoms with Gasteiger partial charge in [-0.2, -0.15) is 0 Å². The van der Waals surface area contributed by atoms with Gasteiger partial charge in [0.2, 0.25) is 0 Å². The predicted octanol–water partition coefficient (Wildman–Crippen LogP) is 5.00. The van der Waals surface area contributed by atoms with E-state index in [-0.39, 0.29) is 4.83 Å². The maximum Gasteiger partial charge on any atom is 0.120 e. The van der Waals surface area contributed by atoms with Crippen LogP contribution in [0, 0.1) is 0 Å². The molecule has 1 unspecified atom stereocenters. The summed E-state index contributed by atoms with van der Waals surface area (Å²) in [5, 5.41) is 2.08. The Morgan fingerprint density at radius 3 is 2.69 bits per heavy atom. The van der Waals surface area contributed by atoms with E-state index >= 15 is 0 Å². The summed E-state index contributed by atoms with van der Waals surface area (Å²) in [6.07, 6.45) is 0. The van der Waals surface area contributed by atoms with Crippen molar-refractivity contribution in [3.63, 3.8) is 0 Å². The predicted molar refractivity (Wildman–Crippen MR) is 75.8 cm³/mol. The summed E-state index contributed by atoms with van der Waals surface area (Å²) in [5.74, 6) is 0.863. The fraction of sp³-hybridized carbons (Fsp3) is 0.167. The molecule has 0 spiro atoms. The van der Waals surface area contributed by atoms with Gasteiger partial charge < -0.3 is 4.74 Å². The average molecular weight is 362 g/mol. The third kappa shape index (κ3) is 2.50. The van der Waals surface area contributed by atoms with Crippen molar-refractivity contribution in [2.24, 2.45) is 0 Å². The molecule has 0 saturated carbocycles. The number of hydrogen-bond acceptors (Lipinski definition) is 2. The fourth-order valence-corrected chi connectivity index (χ4v) is 3.92. The highest BCUT2D eigenvalue weighted by Crippen LogP contribution is 2.38. The summed E-state index contributed by atoms with van der Waals surface area (Å²) in [4.78, 5) is 1.53. The molecule has 0 aliphatic rings. The molecule has 84 valence electrons. The molecular formula is C12H10Br2OS. The molecule has 16 heavy (non-hydrogen) atoms. The highest BCUT2D eigenvalue weighted by Gasteiger charge is 2.14. The highest BCUT2D eigenvalue weighted by atomic mass is 79.9. The van der Waals surface area contributed by atoms with E-state index in [0.717, 1.165) is 10.2 Å². The molecule has 0 saturated heterocycles. The van der Waals surface area contributed by atoms with E-state index in [9.17, 15) is 0 Å². The Balaban J connectivity index is 2.34. The van der Waals surface area contributed by atoms with Gasteiger partial charge in [-0.25, -0.2) is 0 Å². The number of thiophene rings is 1. The summed E-state index contributed by atoms with van der Waals surface area (Å²) in [5.41, 5.74) is 1.21. The minimum absolute atomic E-state index is 0.229. The van der Waals surface area contributed by atoms with E-state index in [1.807, 2.05) is 12.1 Å². The van der Waals surface area contributed by atoms with E-state index in [2.05, 4.69) is 55.4 Å². The van der Waals surface area contributed by atoms with Crippen LogP contribution in [0.15, 0.2) is 40.2 Å². The van der Waals surface area contributed by atoms with Crippen LogP contribution in [-0.2, 0) is 0 Å². The fourth-order valence-electron chi connectivity index (χ4n) is 1.43. The first-order valence-electron chi connectivity index (χ1n) is 4.73. The first-order valence-corrected chi connectivity index (χ1v) is 7.32. The van der Waals surface area contributed by atoms with E-state index in [0.29, 0.717) is 0 Å². The van der Waals surface area contributed by atoms with Crippen LogP contribution in [0.2, 0.25) is 0 Å². The van der Waals surface area contributed by atoms with E-state index in [1.165, 1.54) is 10.4 Å². The zero-order valence-electron chi connectivity index (χ0n) is 8.61. The van der Waals surface area contributed by atoms with Crippen molar-refractivity contribution in [2.75, 3.05) is 7.11 Å². The van der Waals surface area contributed by atoms with Crippen LogP contribution in [0.4, 0.5) is 0 Å². The molecule has 2 rings (SSSR count). The highest BCUT2D eigenvalue weighted by molar-refractivity contribution is 9.11. The molecule has 1 nitrogen and oxygen atoms in total. The van der Waals surface area contributed by atoms with Gasteiger partial charge in [-0.05, 0) is 29.1 Å². The van der Waals surface area contributed by atoms with Crippen molar-refractivity contribution >= 4 is 43.2 Å². The van der Waals surface area contributed by atoms with Gasteiger partial charge in [0.05, 0.1) is 11.9 Å². The van der Waals surface area contributed by atoms with Crippen LogP contribution in [0.25, 0.3) is 0 Å². The second-order valence-corrected chi connectivity index (χ2v) is 6.01. The molecule has 1 heterocycles. The number of hydrogen-bond donors (Lipinski definition) is 0. The first-order chi connectivity index (χ1) is 7.72. The molecular weight excluding hydrogens is 352 g/mol. The Kier molecular flexibility index (Phi) is 4.05. The quantitative estimate of drug-likeness (QED) is 0.698. The summed E-state index contributed by atoms with van der Waals surface area (Å²) < 4.78 is 6.24. The molecule has 0 bridgehead atoms. The second-order valence-electron chi connectivity index (χ2n) is 3.27. The summed E-state index contributed by atoms with van der Waals surface area (Å²) in [7, 11) is 1.67. The molecule has 4 heteroatoms. The lowest BCUT2D eigenvalue weighted by Gasteiger charge is -2.11. The molecule has 0 aliphatic heterocycles. The summed E-state index contributed by atoms with van der Waals surface area (Å²) in [6, 6.07) is 10.2. The van der Waals surface area contributed by atoms with Crippen LogP contribution >= 0.6 is 43.2 Å². The number of rotatable bonds is 3. The summed E-state index contributed by atoms with van der Waals surface area (Å²) >= 11 is 9.02. The lowest BCUT2D eigenvalue weighted by molar-refractivity contribution is 0.414.